The van der Waals surface area contributed by atoms with Crippen molar-refractivity contribution >= 4 is 11.9 Å². The molecule has 80 valence electrons. The van der Waals surface area contributed by atoms with E-state index in [1.807, 2.05) is 0 Å². The van der Waals surface area contributed by atoms with E-state index in [2.05, 4.69) is 16.1 Å². The van der Waals surface area contributed by atoms with E-state index in [1.165, 1.54) is 0 Å². The SMILES string of the molecule is C=CC(=O)OCC(=O)OCC(O)CO. The van der Waals surface area contributed by atoms with Gasteiger partial charge in [-0.15, -0.1) is 0 Å². The second kappa shape index (κ2) is 7.05. The van der Waals surface area contributed by atoms with Crippen molar-refractivity contribution in [2.45, 2.75) is 6.10 Å². The van der Waals surface area contributed by atoms with Crippen molar-refractivity contribution < 1.29 is 29.3 Å². The van der Waals surface area contributed by atoms with Gasteiger partial charge in [-0.3, -0.25) is 0 Å². The van der Waals surface area contributed by atoms with Crippen LogP contribution in [0.25, 0.3) is 0 Å². The van der Waals surface area contributed by atoms with Crippen LogP contribution in [-0.4, -0.2) is 48.1 Å². The number of carbonyl (C=O) groups is 2. The number of rotatable bonds is 6. The molecular weight excluding hydrogens is 192 g/mol. The Morgan fingerprint density at radius 2 is 2.07 bits per heavy atom. The molecule has 14 heavy (non-hydrogen) atoms. The van der Waals surface area contributed by atoms with Crippen LogP contribution in [0.2, 0.25) is 0 Å². The lowest BCUT2D eigenvalue weighted by Crippen LogP contribution is -2.24. The predicted molar refractivity (Wildman–Crippen MR) is 45.2 cm³/mol. The zero-order valence-corrected chi connectivity index (χ0v) is 7.51. The molecule has 1 atom stereocenters. The van der Waals surface area contributed by atoms with Crippen LogP contribution in [0, 0.1) is 0 Å². The van der Waals surface area contributed by atoms with Crippen molar-refractivity contribution in [2.75, 3.05) is 19.8 Å². The fraction of sp³-hybridized carbons (Fsp3) is 0.500. The van der Waals surface area contributed by atoms with E-state index in [1.54, 1.807) is 0 Å². The Morgan fingerprint density at radius 1 is 1.43 bits per heavy atom. The third kappa shape index (κ3) is 6.15. The summed E-state index contributed by atoms with van der Waals surface area (Å²) in [6.07, 6.45) is -0.204. The lowest BCUT2D eigenvalue weighted by atomic mass is 10.4. The van der Waals surface area contributed by atoms with Gasteiger partial charge in [-0.25, -0.2) is 9.59 Å². The zero-order chi connectivity index (χ0) is 11.0. The standard InChI is InChI=1S/C8H12O6/c1-2-7(11)14-5-8(12)13-4-6(10)3-9/h2,6,9-10H,1,3-5H2. The summed E-state index contributed by atoms with van der Waals surface area (Å²) in [4.78, 5) is 21.2. The monoisotopic (exact) mass is 204 g/mol. The van der Waals surface area contributed by atoms with Gasteiger partial charge in [0, 0.05) is 6.08 Å². The molecular formula is C8H12O6. The number of ether oxygens (including phenoxy) is 2. The molecule has 6 nitrogen and oxygen atoms in total. The van der Waals surface area contributed by atoms with Crippen LogP contribution in [0.1, 0.15) is 0 Å². The van der Waals surface area contributed by atoms with E-state index < -0.39 is 31.3 Å². The molecule has 2 N–H and O–H groups in total. The molecule has 0 aliphatic carbocycles. The van der Waals surface area contributed by atoms with E-state index in [9.17, 15) is 9.59 Å². The van der Waals surface area contributed by atoms with Crippen LogP contribution in [0.15, 0.2) is 12.7 Å². The number of aliphatic hydroxyl groups is 2. The Morgan fingerprint density at radius 3 is 2.57 bits per heavy atom. The summed E-state index contributed by atoms with van der Waals surface area (Å²) in [6.45, 7) is 1.75. The number of esters is 2. The van der Waals surface area contributed by atoms with E-state index in [-0.39, 0.29) is 6.61 Å². The molecule has 6 heteroatoms. The first-order valence-electron chi connectivity index (χ1n) is 3.84. The van der Waals surface area contributed by atoms with Gasteiger partial charge in [0.2, 0.25) is 0 Å². The second-order valence-electron chi connectivity index (χ2n) is 2.33. The Kier molecular flexibility index (Phi) is 6.34. The minimum Gasteiger partial charge on any atom is -0.460 e. The van der Waals surface area contributed by atoms with Crippen molar-refractivity contribution in [1.29, 1.82) is 0 Å². The minimum atomic E-state index is -1.12. The van der Waals surface area contributed by atoms with Crippen LogP contribution in [0.4, 0.5) is 0 Å². The molecule has 0 saturated heterocycles. The maximum absolute atomic E-state index is 10.8. The summed E-state index contributed by atoms with van der Waals surface area (Å²) in [7, 11) is 0. The molecule has 0 aromatic rings. The summed E-state index contributed by atoms with van der Waals surface area (Å²) in [5.41, 5.74) is 0. The quantitative estimate of drug-likeness (QED) is 0.409. The number of hydrogen-bond acceptors (Lipinski definition) is 6. The first kappa shape index (κ1) is 12.6. The van der Waals surface area contributed by atoms with Crippen LogP contribution >= 0.6 is 0 Å². The van der Waals surface area contributed by atoms with Crippen molar-refractivity contribution in [3.8, 4) is 0 Å². The largest absolute Gasteiger partial charge is 0.460 e. The van der Waals surface area contributed by atoms with Gasteiger partial charge in [0.25, 0.3) is 0 Å². The molecule has 0 aliphatic rings. The minimum absolute atomic E-state index is 0.332. The molecule has 0 saturated carbocycles. The van der Waals surface area contributed by atoms with Crippen molar-refractivity contribution in [3.63, 3.8) is 0 Å². The van der Waals surface area contributed by atoms with Gasteiger partial charge < -0.3 is 19.7 Å². The van der Waals surface area contributed by atoms with Crippen molar-refractivity contribution in [2.24, 2.45) is 0 Å². The van der Waals surface area contributed by atoms with E-state index in [0.717, 1.165) is 6.08 Å². The van der Waals surface area contributed by atoms with Gasteiger partial charge in [0.15, 0.2) is 6.61 Å². The molecule has 0 aromatic heterocycles. The molecule has 0 bridgehead atoms. The highest BCUT2D eigenvalue weighted by atomic mass is 16.6. The third-order valence-corrected chi connectivity index (χ3v) is 1.15. The number of aliphatic hydroxyl groups excluding tert-OH is 2. The first-order chi connectivity index (χ1) is 6.60. The fourth-order valence-corrected chi connectivity index (χ4v) is 0.472. The molecule has 1 unspecified atom stereocenters. The summed E-state index contributed by atoms with van der Waals surface area (Å²) in [5.74, 6) is -1.53. The van der Waals surface area contributed by atoms with E-state index >= 15 is 0 Å². The van der Waals surface area contributed by atoms with Crippen LogP contribution in [0.3, 0.4) is 0 Å². The molecule has 0 aromatic carbocycles. The van der Waals surface area contributed by atoms with Crippen molar-refractivity contribution in [3.05, 3.63) is 12.7 Å². The van der Waals surface area contributed by atoms with Crippen LogP contribution < -0.4 is 0 Å². The topological polar surface area (TPSA) is 93.1 Å². The number of carbonyl (C=O) groups excluding carboxylic acids is 2. The molecule has 0 spiro atoms. The lowest BCUT2D eigenvalue weighted by Gasteiger charge is -2.07. The molecule has 0 rings (SSSR count). The van der Waals surface area contributed by atoms with Gasteiger partial charge in [0.05, 0.1) is 6.61 Å². The normalized spacial score (nSPS) is 11.6. The van der Waals surface area contributed by atoms with Gasteiger partial charge in [-0.2, -0.15) is 0 Å². The van der Waals surface area contributed by atoms with Crippen LogP contribution in [-0.2, 0) is 19.1 Å². The maximum Gasteiger partial charge on any atom is 0.344 e. The molecule has 0 aliphatic heterocycles. The van der Waals surface area contributed by atoms with Gasteiger partial charge >= 0.3 is 11.9 Å². The molecule has 0 radical (unpaired) electrons. The zero-order valence-electron chi connectivity index (χ0n) is 7.51. The average molecular weight is 204 g/mol. The fourth-order valence-electron chi connectivity index (χ4n) is 0.472. The smallest absolute Gasteiger partial charge is 0.344 e. The summed E-state index contributed by atoms with van der Waals surface area (Å²) < 4.78 is 8.77. The molecule has 0 heterocycles. The Bertz CT molecular complexity index is 212. The highest BCUT2D eigenvalue weighted by Gasteiger charge is 2.09. The highest BCUT2D eigenvalue weighted by Crippen LogP contribution is 1.87. The summed E-state index contributed by atoms with van der Waals surface area (Å²) >= 11 is 0. The van der Waals surface area contributed by atoms with E-state index in [4.69, 9.17) is 10.2 Å². The second-order valence-corrected chi connectivity index (χ2v) is 2.33. The van der Waals surface area contributed by atoms with Crippen LogP contribution in [0.5, 0.6) is 0 Å². The van der Waals surface area contributed by atoms with Gasteiger partial charge in [-0.1, -0.05) is 6.58 Å². The Labute approximate surface area is 80.7 Å². The predicted octanol–water partition coefficient (Wildman–Crippen LogP) is -1.39. The maximum atomic E-state index is 10.8. The first-order valence-corrected chi connectivity index (χ1v) is 3.84. The molecule has 0 fully saturated rings. The summed E-state index contributed by atoms with van der Waals surface area (Å²) in [6, 6.07) is 0. The highest BCUT2D eigenvalue weighted by molar-refractivity contribution is 5.83. The summed E-state index contributed by atoms with van der Waals surface area (Å²) in [5, 5.41) is 17.1. The van der Waals surface area contributed by atoms with E-state index in [0.29, 0.717) is 0 Å². The Balaban J connectivity index is 3.56. The molecule has 0 amide bonds. The van der Waals surface area contributed by atoms with Crippen molar-refractivity contribution in [1.82, 2.24) is 0 Å². The van der Waals surface area contributed by atoms with Gasteiger partial charge in [0.1, 0.15) is 12.7 Å². The third-order valence-electron chi connectivity index (χ3n) is 1.15. The lowest BCUT2D eigenvalue weighted by molar-refractivity contribution is -0.158. The van der Waals surface area contributed by atoms with Gasteiger partial charge in [-0.05, 0) is 0 Å². The average Bonchev–Trinajstić information content (AvgIpc) is 2.22. The Hall–Kier alpha value is -1.40. The number of hydrogen-bond donors (Lipinski definition) is 2.